The van der Waals surface area contributed by atoms with Gasteiger partial charge in [-0.3, -0.25) is 14.4 Å². The molecule has 3 amide bonds. The van der Waals surface area contributed by atoms with Gasteiger partial charge < -0.3 is 19.1 Å². The summed E-state index contributed by atoms with van der Waals surface area (Å²) in [5.41, 5.74) is 1.85. The first-order valence-electron chi connectivity index (χ1n) is 14.5. The zero-order chi connectivity index (χ0) is 27.7. The molecule has 3 aromatic rings. The van der Waals surface area contributed by atoms with E-state index < -0.39 is 0 Å². The first-order chi connectivity index (χ1) is 19.5. The first kappa shape index (κ1) is 26.4. The van der Waals surface area contributed by atoms with E-state index in [1.165, 1.54) is 6.26 Å². The van der Waals surface area contributed by atoms with Crippen molar-refractivity contribution >= 4 is 28.5 Å². The van der Waals surface area contributed by atoms with Crippen LogP contribution in [0.4, 0.5) is 0 Å². The maximum atomic E-state index is 14.2. The summed E-state index contributed by atoms with van der Waals surface area (Å²) in [5.74, 6) is -0.160. The van der Waals surface area contributed by atoms with E-state index in [0.717, 1.165) is 54.1 Å². The average Bonchev–Trinajstić information content (AvgIpc) is 3.57. The highest BCUT2D eigenvalue weighted by molar-refractivity contribution is 5.93. The van der Waals surface area contributed by atoms with Gasteiger partial charge in [0.25, 0.3) is 5.91 Å². The zero-order valence-corrected chi connectivity index (χ0v) is 23.2. The van der Waals surface area contributed by atoms with Crippen molar-refractivity contribution in [2.24, 2.45) is 11.3 Å². The molecule has 1 aliphatic carbocycles. The number of likely N-dealkylation sites (tertiary alicyclic amines) is 1. The van der Waals surface area contributed by atoms with Gasteiger partial charge in [0.05, 0.1) is 18.7 Å². The Balaban J connectivity index is 1.21. The van der Waals surface area contributed by atoms with Gasteiger partial charge in [-0.15, -0.1) is 0 Å². The van der Waals surface area contributed by atoms with Crippen LogP contribution in [-0.4, -0.2) is 58.6 Å². The van der Waals surface area contributed by atoms with Crippen LogP contribution in [0, 0.1) is 11.3 Å². The third kappa shape index (κ3) is 4.82. The number of benzene rings is 2. The molecule has 0 N–H and O–H groups in total. The molecule has 2 atom stereocenters. The van der Waals surface area contributed by atoms with Crippen molar-refractivity contribution < 1.29 is 18.8 Å². The Labute approximate surface area is 235 Å². The van der Waals surface area contributed by atoms with E-state index in [4.69, 9.17) is 4.42 Å². The number of nitrogens with zero attached hydrogens (tertiary/aromatic N) is 3. The highest BCUT2D eigenvalue weighted by atomic mass is 16.3. The maximum Gasteiger partial charge on any atom is 0.289 e. The minimum atomic E-state index is -0.387. The van der Waals surface area contributed by atoms with E-state index in [1.54, 1.807) is 17.0 Å². The molecule has 6 rings (SSSR count). The van der Waals surface area contributed by atoms with Crippen LogP contribution < -0.4 is 0 Å². The summed E-state index contributed by atoms with van der Waals surface area (Å²) in [7, 11) is 0. The van der Waals surface area contributed by atoms with Gasteiger partial charge in [0.1, 0.15) is 0 Å². The van der Waals surface area contributed by atoms with Crippen LogP contribution in [0.5, 0.6) is 0 Å². The zero-order valence-electron chi connectivity index (χ0n) is 23.2. The number of amides is 3. The molecule has 40 heavy (non-hydrogen) atoms. The molecule has 0 unspecified atom stereocenters. The normalized spacial score (nSPS) is 23.5. The Hall–Kier alpha value is -3.87. The minimum absolute atomic E-state index is 0.00177. The van der Waals surface area contributed by atoms with Gasteiger partial charge in [-0.2, -0.15) is 0 Å². The number of furan rings is 1. The van der Waals surface area contributed by atoms with Crippen LogP contribution in [0.25, 0.3) is 10.8 Å². The fourth-order valence-corrected chi connectivity index (χ4v) is 6.86. The van der Waals surface area contributed by atoms with Crippen LogP contribution in [0.1, 0.15) is 61.6 Å². The second-order valence-corrected chi connectivity index (χ2v) is 11.6. The number of carbonyl (C=O) groups is 3. The number of allylic oxidation sites excluding steroid dienone is 2. The molecule has 2 aliphatic heterocycles. The van der Waals surface area contributed by atoms with Crippen LogP contribution in [0.2, 0.25) is 0 Å². The Kier molecular flexibility index (Phi) is 7.22. The van der Waals surface area contributed by atoms with Crippen molar-refractivity contribution in [2.75, 3.05) is 26.2 Å². The predicted molar refractivity (Wildman–Crippen MR) is 153 cm³/mol. The lowest BCUT2D eigenvalue weighted by atomic mass is 9.71. The van der Waals surface area contributed by atoms with Gasteiger partial charge in [-0.05, 0) is 47.7 Å². The van der Waals surface area contributed by atoms with E-state index in [9.17, 15) is 14.4 Å². The summed E-state index contributed by atoms with van der Waals surface area (Å²) in [6, 6.07) is 17.9. The monoisotopic (exact) mass is 539 g/mol. The van der Waals surface area contributed by atoms with E-state index in [0.29, 0.717) is 38.5 Å². The van der Waals surface area contributed by atoms with Crippen LogP contribution in [0.3, 0.4) is 0 Å². The number of piperazine rings is 1. The summed E-state index contributed by atoms with van der Waals surface area (Å²) < 4.78 is 5.26. The number of carbonyl (C=O) groups excluding carboxylic acids is 3. The highest BCUT2D eigenvalue weighted by Gasteiger charge is 2.53. The predicted octanol–water partition coefficient (Wildman–Crippen LogP) is 5.62. The van der Waals surface area contributed by atoms with Crippen molar-refractivity contribution in [3.63, 3.8) is 0 Å². The van der Waals surface area contributed by atoms with Gasteiger partial charge in [-0.25, -0.2) is 0 Å². The molecule has 7 heteroatoms. The van der Waals surface area contributed by atoms with E-state index >= 15 is 0 Å². The van der Waals surface area contributed by atoms with Crippen molar-refractivity contribution in [2.45, 2.75) is 52.0 Å². The lowest BCUT2D eigenvalue weighted by Gasteiger charge is -2.36. The fourth-order valence-electron chi connectivity index (χ4n) is 6.86. The summed E-state index contributed by atoms with van der Waals surface area (Å²) in [5, 5.41) is 2.32. The second-order valence-electron chi connectivity index (χ2n) is 11.6. The molecule has 2 saturated heterocycles. The van der Waals surface area contributed by atoms with Crippen molar-refractivity contribution in [1.29, 1.82) is 0 Å². The average molecular weight is 540 g/mol. The maximum absolute atomic E-state index is 14.2. The van der Waals surface area contributed by atoms with Crippen molar-refractivity contribution in [3.05, 3.63) is 84.0 Å². The van der Waals surface area contributed by atoms with Gasteiger partial charge in [0.15, 0.2) is 5.76 Å². The molecule has 3 aliphatic rings. The highest BCUT2D eigenvalue weighted by Crippen LogP contribution is 2.52. The molecule has 0 spiro atoms. The number of rotatable bonds is 5. The molecule has 7 nitrogen and oxygen atoms in total. The fraction of sp³-hybridized carbons (Fsp3) is 0.424. The summed E-state index contributed by atoms with van der Waals surface area (Å²) in [4.78, 5) is 46.0. The first-order valence-corrected chi connectivity index (χ1v) is 14.5. The van der Waals surface area contributed by atoms with Gasteiger partial charge in [0.2, 0.25) is 11.8 Å². The van der Waals surface area contributed by atoms with Crippen LogP contribution >= 0.6 is 0 Å². The Morgan fingerprint density at radius 3 is 2.50 bits per heavy atom. The van der Waals surface area contributed by atoms with Crippen molar-refractivity contribution in [3.8, 4) is 0 Å². The molecular weight excluding hydrogens is 502 g/mol. The lowest BCUT2D eigenvalue weighted by Crippen LogP contribution is -2.51. The molecule has 2 fully saturated rings. The number of hydrogen-bond donors (Lipinski definition) is 0. The van der Waals surface area contributed by atoms with Crippen LogP contribution in [0.15, 0.2) is 77.1 Å². The quantitative estimate of drug-likeness (QED) is 0.422. The topological polar surface area (TPSA) is 74.1 Å². The van der Waals surface area contributed by atoms with E-state index in [1.807, 2.05) is 21.9 Å². The molecule has 0 saturated carbocycles. The lowest BCUT2D eigenvalue weighted by molar-refractivity contribution is -0.140. The summed E-state index contributed by atoms with van der Waals surface area (Å²) in [6.45, 7) is 4.55. The van der Waals surface area contributed by atoms with Gasteiger partial charge >= 0.3 is 0 Å². The SMILES string of the molecule is C[C@@]12CCCCCC=C1N(Cc1cccc3ccccc13)C(=O)[C@H]2CC(=O)N1CCN(C(=O)c2ccco2)CC1. The second kappa shape index (κ2) is 11.0. The molecule has 0 bridgehead atoms. The largest absolute Gasteiger partial charge is 0.459 e. The summed E-state index contributed by atoms with van der Waals surface area (Å²) in [6.07, 6.45) is 9.15. The molecule has 1 aromatic heterocycles. The smallest absolute Gasteiger partial charge is 0.289 e. The third-order valence-electron chi connectivity index (χ3n) is 9.19. The third-order valence-corrected chi connectivity index (χ3v) is 9.19. The Bertz CT molecular complexity index is 1430. The van der Waals surface area contributed by atoms with E-state index in [2.05, 4.69) is 43.3 Å². The number of fused-ring (bicyclic) bond motifs is 2. The van der Waals surface area contributed by atoms with Crippen LogP contribution in [-0.2, 0) is 16.1 Å². The van der Waals surface area contributed by atoms with Gasteiger partial charge in [0, 0.05) is 43.7 Å². The standard InChI is InChI=1S/C33H37N3O4/c1-33-16-7-3-2-4-15-29(33)36(23-25-12-8-11-24-10-5-6-13-26(24)25)31(38)27(33)22-30(37)34-17-19-35(20-18-34)32(39)28-14-9-21-40-28/h5-6,8-15,21,27H,2-4,7,16-20,22-23H2,1H3/t27-,33+/m1/s1. The van der Waals surface area contributed by atoms with Gasteiger partial charge in [-0.1, -0.05) is 68.3 Å². The molecule has 208 valence electrons. The Morgan fingerprint density at radius 2 is 1.70 bits per heavy atom. The summed E-state index contributed by atoms with van der Waals surface area (Å²) >= 11 is 0. The molecule has 2 aromatic carbocycles. The Morgan fingerprint density at radius 1 is 0.925 bits per heavy atom. The number of hydrogen-bond acceptors (Lipinski definition) is 4. The molecule has 0 radical (unpaired) electrons. The minimum Gasteiger partial charge on any atom is -0.459 e. The van der Waals surface area contributed by atoms with Crippen molar-refractivity contribution in [1.82, 2.24) is 14.7 Å². The van der Waals surface area contributed by atoms with E-state index in [-0.39, 0.29) is 35.5 Å². The molecule has 3 heterocycles. The molecular formula is C33H37N3O4.